The number of rotatable bonds is 1. The summed E-state index contributed by atoms with van der Waals surface area (Å²) in [6.07, 6.45) is 4.35. The summed E-state index contributed by atoms with van der Waals surface area (Å²) < 4.78 is 0. The molecule has 0 heterocycles. The van der Waals surface area contributed by atoms with Crippen molar-refractivity contribution in [3.05, 3.63) is 60.2 Å². The number of carbonyl (C=O) groups is 1. The van der Waals surface area contributed by atoms with Gasteiger partial charge in [0.15, 0.2) is 5.78 Å². The fourth-order valence-electron chi connectivity index (χ4n) is 1.79. The Kier molecular flexibility index (Phi) is 2.32. The third-order valence-corrected chi connectivity index (χ3v) is 2.49. The van der Waals surface area contributed by atoms with Gasteiger partial charge in [0.05, 0.1) is 5.92 Å². The summed E-state index contributed by atoms with van der Waals surface area (Å²) in [4.78, 5) is 11.7. The number of benzene rings is 1. The maximum atomic E-state index is 11.7. The van der Waals surface area contributed by atoms with Crippen LogP contribution in [0, 0.1) is 0 Å². The lowest BCUT2D eigenvalue weighted by Gasteiger charge is -2.19. The molecule has 1 aliphatic carbocycles. The highest BCUT2D eigenvalue weighted by Crippen LogP contribution is 2.29. The third kappa shape index (κ3) is 1.53. The van der Waals surface area contributed by atoms with E-state index in [1.54, 1.807) is 6.08 Å². The van der Waals surface area contributed by atoms with Crippen LogP contribution >= 0.6 is 0 Å². The highest BCUT2D eigenvalue weighted by Gasteiger charge is 2.23. The first-order valence-corrected chi connectivity index (χ1v) is 4.72. The SMILES string of the molecule is C=C1CC=CC(=O)C1c1ccccc1. The van der Waals surface area contributed by atoms with E-state index in [2.05, 4.69) is 6.58 Å². The summed E-state index contributed by atoms with van der Waals surface area (Å²) in [5.41, 5.74) is 2.04. The molecule has 70 valence electrons. The van der Waals surface area contributed by atoms with Gasteiger partial charge >= 0.3 is 0 Å². The summed E-state index contributed by atoms with van der Waals surface area (Å²) in [6.45, 7) is 3.95. The van der Waals surface area contributed by atoms with Gasteiger partial charge in [-0.3, -0.25) is 4.79 Å². The summed E-state index contributed by atoms with van der Waals surface area (Å²) in [6, 6.07) is 9.82. The Morgan fingerprint density at radius 3 is 2.57 bits per heavy atom. The first-order valence-electron chi connectivity index (χ1n) is 4.72. The molecule has 0 saturated carbocycles. The molecule has 1 aromatic rings. The molecule has 0 radical (unpaired) electrons. The molecule has 0 aromatic heterocycles. The summed E-state index contributed by atoms with van der Waals surface area (Å²) in [5, 5.41) is 0. The Morgan fingerprint density at radius 2 is 1.93 bits per heavy atom. The highest BCUT2D eigenvalue weighted by atomic mass is 16.1. The molecule has 0 amide bonds. The summed E-state index contributed by atoms with van der Waals surface area (Å²) in [7, 11) is 0. The molecule has 0 spiro atoms. The average molecular weight is 184 g/mol. The number of hydrogen-bond donors (Lipinski definition) is 0. The molecule has 1 aliphatic rings. The van der Waals surface area contributed by atoms with Crippen molar-refractivity contribution in [3.8, 4) is 0 Å². The van der Waals surface area contributed by atoms with Crippen LogP contribution in [0.3, 0.4) is 0 Å². The Bertz CT molecular complexity index is 387. The van der Waals surface area contributed by atoms with Gasteiger partial charge in [-0.15, -0.1) is 0 Å². The van der Waals surface area contributed by atoms with E-state index in [0.29, 0.717) is 0 Å². The smallest absolute Gasteiger partial charge is 0.166 e. The molecule has 0 bridgehead atoms. The molecular weight excluding hydrogens is 172 g/mol. The number of allylic oxidation sites excluding steroid dienone is 3. The second kappa shape index (κ2) is 3.62. The standard InChI is InChI=1S/C13H12O/c1-10-6-5-9-12(14)13(10)11-7-3-2-4-8-11/h2-5,7-9,13H,1,6H2. The summed E-state index contributed by atoms with van der Waals surface area (Å²) in [5.74, 6) is 0.0219. The molecule has 1 aromatic carbocycles. The van der Waals surface area contributed by atoms with E-state index in [9.17, 15) is 4.79 Å². The van der Waals surface area contributed by atoms with Crippen molar-refractivity contribution in [2.24, 2.45) is 0 Å². The van der Waals surface area contributed by atoms with Crippen LogP contribution in [0.4, 0.5) is 0 Å². The normalized spacial score (nSPS) is 21.3. The van der Waals surface area contributed by atoms with Crippen LogP contribution in [0.1, 0.15) is 17.9 Å². The quantitative estimate of drug-likeness (QED) is 0.613. The lowest BCUT2D eigenvalue weighted by atomic mass is 9.83. The van der Waals surface area contributed by atoms with Crippen molar-refractivity contribution < 1.29 is 4.79 Å². The Hall–Kier alpha value is -1.63. The molecular formula is C13H12O. The monoisotopic (exact) mass is 184 g/mol. The minimum absolute atomic E-state index is 0.124. The summed E-state index contributed by atoms with van der Waals surface area (Å²) >= 11 is 0. The Balaban J connectivity index is 2.38. The molecule has 1 heteroatoms. The predicted octanol–water partition coefficient (Wildman–Crippen LogP) is 2.86. The van der Waals surface area contributed by atoms with Crippen molar-refractivity contribution >= 4 is 5.78 Å². The van der Waals surface area contributed by atoms with Crippen molar-refractivity contribution in [2.45, 2.75) is 12.3 Å². The van der Waals surface area contributed by atoms with Crippen molar-refractivity contribution in [3.63, 3.8) is 0 Å². The van der Waals surface area contributed by atoms with E-state index in [4.69, 9.17) is 0 Å². The van der Waals surface area contributed by atoms with Crippen LogP contribution in [-0.2, 0) is 4.79 Å². The maximum Gasteiger partial charge on any atom is 0.166 e. The lowest BCUT2D eigenvalue weighted by Crippen LogP contribution is -2.15. The lowest BCUT2D eigenvalue weighted by molar-refractivity contribution is -0.115. The fraction of sp³-hybridized carbons (Fsp3) is 0.154. The van der Waals surface area contributed by atoms with Crippen molar-refractivity contribution in [1.82, 2.24) is 0 Å². The van der Waals surface area contributed by atoms with Gasteiger partial charge in [0, 0.05) is 0 Å². The van der Waals surface area contributed by atoms with Gasteiger partial charge in [-0.05, 0) is 18.1 Å². The zero-order valence-corrected chi connectivity index (χ0v) is 7.94. The zero-order valence-electron chi connectivity index (χ0n) is 7.94. The highest BCUT2D eigenvalue weighted by molar-refractivity contribution is 5.98. The van der Waals surface area contributed by atoms with Gasteiger partial charge in [-0.25, -0.2) is 0 Å². The minimum atomic E-state index is -0.124. The number of hydrogen-bond acceptors (Lipinski definition) is 1. The van der Waals surface area contributed by atoms with Crippen LogP contribution in [0.15, 0.2) is 54.6 Å². The van der Waals surface area contributed by atoms with Crippen LogP contribution < -0.4 is 0 Å². The number of carbonyl (C=O) groups excluding carboxylic acids is 1. The molecule has 1 atom stereocenters. The van der Waals surface area contributed by atoms with Crippen LogP contribution in [0.5, 0.6) is 0 Å². The van der Waals surface area contributed by atoms with Gasteiger partial charge in [0.2, 0.25) is 0 Å². The van der Waals surface area contributed by atoms with Gasteiger partial charge in [0.1, 0.15) is 0 Å². The molecule has 1 unspecified atom stereocenters. The van der Waals surface area contributed by atoms with Crippen LogP contribution in [-0.4, -0.2) is 5.78 Å². The van der Waals surface area contributed by atoms with E-state index in [0.717, 1.165) is 17.6 Å². The molecule has 0 fully saturated rings. The number of ketones is 1. The Morgan fingerprint density at radius 1 is 1.21 bits per heavy atom. The van der Waals surface area contributed by atoms with E-state index in [1.807, 2.05) is 36.4 Å². The third-order valence-electron chi connectivity index (χ3n) is 2.49. The van der Waals surface area contributed by atoms with E-state index in [-0.39, 0.29) is 11.7 Å². The minimum Gasteiger partial charge on any atom is -0.294 e. The van der Waals surface area contributed by atoms with Gasteiger partial charge in [0.25, 0.3) is 0 Å². The molecule has 0 N–H and O–H groups in total. The van der Waals surface area contributed by atoms with Gasteiger partial charge in [-0.2, -0.15) is 0 Å². The predicted molar refractivity (Wildman–Crippen MR) is 57.1 cm³/mol. The van der Waals surface area contributed by atoms with E-state index >= 15 is 0 Å². The van der Waals surface area contributed by atoms with Crippen molar-refractivity contribution in [1.29, 1.82) is 0 Å². The second-order valence-corrected chi connectivity index (χ2v) is 3.51. The van der Waals surface area contributed by atoms with Crippen LogP contribution in [0.2, 0.25) is 0 Å². The molecule has 0 aliphatic heterocycles. The van der Waals surface area contributed by atoms with Gasteiger partial charge < -0.3 is 0 Å². The van der Waals surface area contributed by atoms with Gasteiger partial charge in [-0.1, -0.05) is 48.6 Å². The van der Waals surface area contributed by atoms with Crippen LogP contribution in [0.25, 0.3) is 0 Å². The zero-order chi connectivity index (χ0) is 9.97. The fourth-order valence-corrected chi connectivity index (χ4v) is 1.79. The van der Waals surface area contributed by atoms with Crippen molar-refractivity contribution in [2.75, 3.05) is 0 Å². The van der Waals surface area contributed by atoms with E-state index in [1.165, 1.54) is 0 Å². The molecule has 14 heavy (non-hydrogen) atoms. The maximum absolute atomic E-state index is 11.7. The first-order chi connectivity index (χ1) is 6.79. The molecule has 0 saturated heterocycles. The topological polar surface area (TPSA) is 17.1 Å². The largest absolute Gasteiger partial charge is 0.294 e. The molecule has 2 rings (SSSR count). The Labute approximate surface area is 83.8 Å². The average Bonchev–Trinajstić information content (AvgIpc) is 2.19. The van der Waals surface area contributed by atoms with E-state index < -0.39 is 0 Å². The molecule has 1 nitrogen and oxygen atoms in total. The first kappa shape index (κ1) is 8.95. The second-order valence-electron chi connectivity index (χ2n) is 3.51.